The van der Waals surface area contributed by atoms with Gasteiger partial charge in [-0.3, -0.25) is 0 Å². The maximum absolute atomic E-state index is 2.45. The van der Waals surface area contributed by atoms with E-state index >= 15 is 0 Å². The minimum Gasteiger partial charge on any atom is -0.0616 e. The molecule has 0 N–H and O–H groups in total. The molecule has 0 amide bonds. The average molecular weight is 374 g/mol. The summed E-state index contributed by atoms with van der Waals surface area (Å²) in [6.45, 7) is 0. The van der Waals surface area contributed by atoms with Crippen LogP contribution in [0.2, 0.25) is 0 Å². The van der Waals surface area contributed by atoms with Crippen molar-refractivity contribution in [3.8, 4) is 0 Å². The molecule has 9 aromatic rings. The molecule has 0 heterocycles. The second kappa shape index (κ2) is 4.32. The molecular formula is C30H14. The minimum absolute atomic E-state index is 1.40. The van der Waals surface area contributed by atoms with E-state index in [4.69, 9.17) is 0 Å². The van der Waals surface area contributed by atoms with Crippen LogP contribution < -0.4 is 0 Å². The largest absolute Gasteiger partial charge is 0.0616 e. The molecule has 0 saturated heterocycles. The monoisotopic (exact) mass is 374 g/mol. The predicted octanol–water partition coefficient (Wildman–Crippen LogP) is 8.66. The highest BCUT2D eigenvalue weighted by Crippen LogP contribution is 2.50. The van der Waals surface area contributed by atoms with E-state index in [0.29, 0.717) is 0 Å². The van der Waals surface area contributed by atoms with Crippen LogP contribution >= 0.6 is 0 Å². The van der Waals surface area contributed by atoms with Crippen molar-refractivity contribution in [2.45, 2.75) is 0 Å². The molecule has 0 spiro atoms. The fourth-order valence-electron chi connectivity index (χ4n) is 6.22. The molecule has 0 fully saturated rings. The molecule has 134 valence electrons. The van der Waals surface area contributed by atoms with Crippen molar-refractivity contribution in [3.63, 3.8) is 0 Å². The highest BCUT2D eigenvalue weighted by molar-refractivity contribution is 6.45. The van der Waals surface area contributed by atoms with Gasteiger partial charge in [-0.1, -0.05) is 60.7 Å². The van der Waals surface area contributed by atoms with Crippen LogP contribution in [0.1, 0.15) is 0 Å². The summed E-state index contributed by atoms with van der Waals surface area (Å²) in [7, 11) is 0. The lowest BCUT2D eigenvalue weighted by molar-refractivity contribution is 1.80. The second-order valence-electron chi connectivity index (χ2n) is 8.89. The smallest absolute Gasteiger partial charge is 0.00137 e. The summed E-state index contributed by atoms with van der Waals surface area (Å²) in [5, 5.41) is 22.7. The van der Waals surface area contributed by atoms with E-state index in [2.05, 4.69) is 84.9 Å². The van der Waals surface area contributed by atoms with Gasteiger partial charge in [0.1, 0.15) is 0 Å². The zero-order valence-electron chi connectivity index (χ0n) is 16.1. The number of hydrogen-bond acceptors (Lipinski definition) is 0. The van der Waals surface area contributed by atoms with Gasteiger partial charge < -0.3 is 0 Å². The second-order valence-corrected chi connectivity index (χ2v) is 8.89. The Hall–Kier alpha value is -3.90. The van der Waals surface area contributed by atoms with Gasteiger partial charge in [-0.15, -0.1) is 0 Å². The number of benzene rings is 5. The van der Waals surface area contributed by atoms with Crippen molar-refractivity contribution in [1.82, 2.24) is 0 Å². The van der Waals surface area contributed by atoms with E-state index in [1.165, 1.54) is 86.2 Å². The molecule has 0 nitrogen and oxygen atoms in total. The zero-order valence-corrected chi connectivity index (χ0v) is 16.1. The van der Waals surface area contributed by atoms with Crippen molar-refractivity contribution in [2.75, 3.05) is 0 Å². The highest BCUT2D eigenvalue weighted by Gasteiger charge is 2.22. The molecule has 0 unspecified atom stereocenters. The third kappa shape index (κ3) is 1.31. The minimum atomic E-state index is 1.40. The standard InChI is InChI=1S/C30H14/c1-2-6-16-15(5-1)21-11-24-25(12-22(16)21)27-14-28-23(13-26(24)27)20-10-9-19-17-7-3-4-8-18(17)29(19)30(20)28/h1-14H. The van der Waals surface area contributed by atoms with Crippen LogP contribution in [0.3, 0.4) is 0 Å². The zero-order chi connectivity index (χ0) is 19.1. The van der Waals surface area contributed by atoms with Crippen molar-refractivity contribution in [3.05, 3.63) is 84.9 Å². The normalized spacial score (nSPS) is 13.3. The Balaban J connectivity index is 1.42. The summed E-state index contributed by atoms with van der Waals surface area (Å²) in [5.74, 6) is 0. The van der Waals surface area contributed by atoms with Gasteiger partial charge in [0.25, 0.3) is 0 Å². The molecular weight excluding hydrogens is 360 g/mol. The van der Waals surface area contributed by atoms with Crippen LogP contribution in [-0.2, 0) is 0 Å². The fourth-order valence-corrected chi connectivity index (χ4v) is 6.22. The van der Waals surface area contributed by atoms with Gasteiger partial charge >= 0.3 is 0 Å². The van der Waals surface area contributed by atoms with Crippen LogP contribution in [0.5, 0.6) is 0 Å². The maximum Gasteiger partial charge on any atom is -0.00137 e. The van der Waals surface area contributed by atoms with E-state index in [1.54, 1.807) is 0 Å². The summed E-state index contributed by atoms with van der Waals surface area (Å²) in [4.78, 5) is 0. The summed E-state index contributed by atoms with van der Waals surface area (Å²) in [6, 6.07) is 31.9. The molecule has 30 heavy (non-hydrogen) atoms. The first kappa shape index (κ1) is 14.1. The Labute approximate surface area is 171 Å². The van der Waals surface area contributed by atoms with E-state index in [1.807, 2.05) is 0 Å². The quantitative estimate of drug-likeness (QED) is 0.249. The van der Waals surface area contributed by atoms with Gasteiger partial charge in [0, 0.05) is 0 Å². The van der Waals surface area contributed by atoms with Gasteiger partial charge in [0.05, 0.1) is 0 Å². The lowest BCUT2D eigenvalue weighted by Gasteiger charge is -2.23. The third-order valence-electron chi connectivity index (χ3n) is 7.65. The van der Waals surface area contributed by atoms with Gasteiger partial charge in [-0.2, -0.15) is 0 Å². The van der Waals surface area contributed by atoms with Crippen molar-refractivity contribution in [1.29, 1.82) is 0 Å². The Morgan fingerprint density at radius 3 is 1.10 bits per heavy atom. The number of hydrogen-bond donors (Lipinski definition) is 0. The summed E-state index contributed by atoms with van der Waals surface area (Å²) in [6.07, 6.45) is 0. The van der Waals surface area contributed by atoms with Crippen LogP contribution in [-0.4, -0.2) is 0 Å². The first-order valence-corrected chi connectivity index (χ1v) is 10.6. The molecule has 0 saturated carbocycles. The molecule has 0 bridgehead atoms. The molecule has 0 atom stereocenters. The lowest BCUT2D eigenvalue weighted by Crippen LogP contribution is -1.94. The van der Waals surface area contributed by atoms with Crippen molar-refractivity contribution < 1.29 is 0 Å². The molecule has 0 heteroatoms. The average Bonchev–Trinajstić information content (AvgIpc) is 2.76. The Morgan fingerprint density at radius 2 is 0.533 bits per heavy atom. The first-order chi connectivity index (χ1) is 14.9. The van der Waals surface area contributed by atoms with Gasteiger partial charge in [-0.05, 0) is 110 Å². The van der Waals surface area contributed by atoms with Crippen molar-refractivity contribution in [2.24, 2.45) is 0 Å². The maximum atomic E-state index is 2.45. The Bertz CT molecular complexity index is 2040. The predicted molar refractivity (Wildman–Crippen MR) is 131 cm³/mol. The molecule has 0 radical (unpaired) electrons. The van der Waals surface area contributed by atoms with E-state index in [9.17, 15) is 0 Å². The molecule has 0 aliphatic rings. The fraction of sp³-hybridized carbons (Fsp3) is 0. The highest BCUT2D eigenvalue weighted by atomic mass is 14.2. The third-order valence-corrected chi connectivity index (χ3v) is 7.65. The van der Waals surface area contributed by atoms with Crippen LogP contribution in [0.25, 0.3) is 86.2 Å². The van der Waals surface area contributed by atoms with Crippen LogP contribution in [0.15, 0.2) is 84.9 Å². The molecule has 9 rings (SSSR count). The topological polar surface area (TPSA) is 0 Å². The van der Waals surface area contributed by atoms with Gasteiger partial charge in [0.15, 0.2) is 0 Å². The van der Waals surface area contributed by atoms with Crippen LogP contribution in [0.4, 0.5) is 0 Å². The SMILES string of the molecule is c1ccc2c(c1)c1cc3c(cc21)c1cc2c(cc31)c1ccc3c4ccccc4c3c12. The van der Waals surface area contributed by atoms with Gasteiger partial charge in [0.2, 0.25) is 0 Å². The van der Waals surface area contributed by atoms with Gasteiger partial charge in [-0.25, -0.2) is 0 Å². The van der Waals surface area contributed by atoms with Crippen molar-refractivity contribution >= 4 is 86.2 Å². The molecule has 0 aliphatic carbocycles. The van der Waals surface area contributed by atoms with E-state index in [0.717, 1.165) is 0 Å². The molecule has 9 aromatic carbocycles. The summed E-state index contributed by atoms with van der Waals surface area (Å²) in [5.41, 5.74) is 0. The number of rotatable bonds is 0. The first-order valence-electron chi connectivity index (χ1n) is 10.6. The van der Waals surface area contributed by atoms with Crippen LogP contribution in [0, 0.1) is 0 Å². The summed E-state index contributed by atoms with van der Waals surface area (Å²) < 4.78 is 0. The van der Waals surface area contributed by atoms with E-state index in [-0.39, 0.29) is 0 Å². The Kier molecular flexibility index (Phi) is 2.04. The molecule has 0 aliphatic heterocycles. The van der Waals surface area contributed by atoms with E-state index < -0.39 is 0 Å². The summed E-state index contributed by atoms with van der Waals surface area (Å²) >= 11 is 0. The lowest BCUT2D eigenvalue weighted by atomic mass is 9.80. The Morgan fingerprint density at radius 1 is 0.233 bits per heavy atom. The number of fused-ring (bicyclic) bond motifs is 17. The molecule has 0 aromatic heterocycles.